The van der Waals surface area contributed by atoms with Crippen molar-refractivity contribution in [3.63, 3.8) is 0 Å². The predicted octanol–water partition coefficient (Wildman–Crippen LogP) is 3.68. The molecule has 5 aliphatic rings. The van der Waals surface area contributed by atoms with E-state index in [0.717, 1.165) is 17.8 Å². The maximum absolute atomic E-state index is 5.01. The van der Waals surface area contributed by atoms with Gasteiger partial charge in [-0.2, -0.15) is 0 Å². The van der Waals surface area contributed by atoms with Gasteiger partial charge >= 0.3 is 0 Å². The van der Waals surface area contributed by atoms with Crippen molar-refractivity contribution in [3.8, 4) is 0 Å². The molecule has 0 aromatic heterocycles. The van der Waals surface area contributed by atoms with Gasteiger partial charge in [0, 0.05) is 11.6 Å². The summed E-state index contributed by atoms with van der Waals surface area (Å²) >= 11 is 0. The molecule has 1 nitrogen and oxygen atoms in total. The molecule has 2 aliphatic heterocycles. The van der Waals surface area contributed by atoms with E-state index in [0.29, 0.717) is 16.9 Å². The SMILES string of the molecule is C[C@@H]1[C@@H]2CCC[C@]34CCC[C@H]3[C@@]1(C)C=N[C@H]24. The molecule has 1 heteroatoms. The summed E-state index contributed by atoms with van der Waals surface area (Å²) in [4.78, 5) is 5.01. The Morgan fingerprint density at radius 2 is 1.94 bits per heavy atom. The van der Waals surface area contributed by atoms with Crippen LogP contribution in [0.5, 0.6) is 0 Å². The molecule has 0 saturated heterocycles. The van der Waals surface area contributed by atoms with Crippen molar-refractivity contribution < 1.29 is 0 Å². The Morgan fingerprint density at radius 3 is 2.75 bits per heavy atom. The van der Waals surface area contributed by atoms with Crippen LogP contribution in [0, 0.1) is 28.6 Å². The van der Waals surface area contributed by atoms with Crippen molar-refractivity contribution >= 4 is 6.21 Å². The molecule has 0 amide bonds. The van der Waals surface area contributed by atoms with Crippen LogP contribution in [-0.4, -0.2) is 12.3 Å². The van der Waals surface area contributed by atoms with E-state index in [4.69, 9.17) is 4.99 Å². The Bertz CT molecular complexity index is 360. The summed E-state index contributed by atoms with van der Waals surface area (Å²) in [5.41, 5.74) is 1.09. The molecule has 3 fully saturated rings. The van der Waals surface area contributed by atoms with Crippen LogP contribution in [0.1, 0.15) is 52.4 Å². The second kappa shape index (κ2) is 2.73. The quantitative estimate of drug-likeness (QED) is 0.587. The summed E-state index contributed by atoms with van der Waals surface area (Å²) in [5, 5.41) is 0. The van der Waals surface area contributed by atoms with Gasteiger partial charge in [-0.15, -0.1) is 0 Å². The maximum Gasteiger partial charge on any atom is 0.0586 e. The summed E-state index contributed by atoms with van der Waals surface area (Å²) < 4.78 is 0. The van der Waals surface area contributed by atoms with E-state index in [1.807, 2.05) is 0 Å². The van der Waals surface area contributed by atoms with Crippen LogP contribution in [-0.2, 0) is 0 Å². The largest absolute Gasteiger partial charge is 0.293 e. The number of hydrogen-bond acceptors (Lipinski definition) is 1. The van der Waals surface area contributed by atoms with E-state index in [2.05, 4.69) is 20.1 Å². The molecule has 3 aliphatic carbocycles. The van der Waals surface area contributed by atoms with E-state index >= 15 is 0 Å². The minimum Gasteiger partial charge on any atom is -0.293 e. The average molecular weight is 217 g/mol. The first-order valence-corrected chi connectivity index (χ1v) is 7.23. The third kappa shape index (κ3) is 0.822. The standard InChI is InChI=1S/C15H23N/c1-10-11-5-3-7-15-8-4-6-12(15)14(10,2)9-16-13(11)15/h9-13H,3-8H2,1-2H3/t10-,11+,12+,13-,14+,15+/m1/s1. The smallest absolute Gasteiger partial charge is 0.0586 e. The molecule has 0 N–H and O–H groups in total. The number of hydrogen-bond donors (Lipinski definition) is 0. The Labute approximate surface area is 98.7 Å². The summed E-state index contributed by atoms with van der Waals surface area (Å²) in [5.74, 6) is 2.76. The van der Waals surface area contributed by atoms with Gasteiger partial charge in [-0.1, -0.05) is 26.7 Å². The number of aliphatic imine (C=N–C) groups is 1. The van der Waals surface area contributed by atoms with Crippen LogP contribution in [0.2, 0.25) is 0 Å². The van der Waals surface area contributed by atoms with Crippen molar-refractivity contribution in [3.05, 3.63) is 0 Å². The van der Waals surface area contributed by atoms with Gasteiger partial charge in [0.25, 0.3) is 0 Å². The van der Waals surface area contributed by atoms with Crippen LogP contribution in [0.4, 0.5) is 0 Å². The third-order valence-corrected chi connectivity index (χ3v) is 6.89. The highest BCUT2D eigenvalue weighted by Gasteiger charge is 2.66. The fourth-order valence-electron chi connectivity index (χ4n) is 6.09. The fourth-order valence-corrected chi connectivity index (χ4v) is 6.09. The van der Waals surface area contributed by atoms with Crippen LogP contribution in [0.3, 0.4) is 0 Å². The summed E-state index contributed by atoms with van der Waals surface area (Å²) in [6, 6.07) is 0.713. The lowest BCUT2D eigenvalue weighted by Crippen LogP contribution is -2.63. The lowest BCUT2D eigenvalue weighted by Gasteiger charge is -2.64. The average Bonchev–Trinajstić information content (AvgIpc) is 2.71. The van der Waals surface area contributed by atoms with Gasteiger partial charge in [-0.05, 0) is 48.9 Å². The molecule has 6 atom stereocenters. The van der Waals surface area contributed by atoms with Gasteiger partial charge in [0.15, 0.2) is 0 Å². The number of rotatable bonds is 0. The molecule has 1 spiro atoms. The Morgan fingerprint density at radius 1 is 1.19 bits per heavy atom. The Balaban J connectivity index is 1.92. The topological polar surface area (TPSA) is 12.4 Å². The van der Waals surface area contributed by atoms with Gasteiger partial charge in [0.1, 0.15) is 0 Å². The van der Waals surface area contributed by atoms with Gasteiger partial charge in [-0.25, -0.2) is 0 Å². The Kier molecular flexibility index (Phi) is 1.65. The molecular formula is C15H23N. The zero-order valence-corrected chi connectivity index (χ0v) is 10.6. The van der Waals surface area contributed by atoms with Crippen LogP contribution in [0.25, 0.3) is 0 Å². The molecule has 5 rings (SSSR count). The highest BCUT2D eigenvalue weighted by molar-refractivity contribution is 5.70. The first kappa shape index (κ1) is 9.67. The summed E-state index contributed by atoms with van der Waals surface area (Å²) in [7, 11) is 0. The third-order valence-electron chi connectivity index (χ3n) is 6.89. The summed E-state index contributed by atoms with van der Waals surface area (Å²) in [6.07, 6.45) is 11.2. The lowest BCUT2D eigenvalue weighted by atomic mass is 9.42. The monoisotopic (exact) mass is 217 g/mol. The van der Waals surface area contributed by atoms with E-state index in [1.54, 1.807) is 0 Å². The molecule has 0 aromatic rings. The molecule has 88 valence electrons. The molecule has 3 saturated carbocycles. The van der Waals surface area contributed by atoms with Crippen molar-refractivity contribution in [2.75, 3.05) is 0 Å². The van der Waals surface area contributed by atoms with Gasteiger partial charge in [0.2, 0.25) is 0 Å². The fraction of sp³-hybridized carbons (Fsp3) is 0.933. The maximum atomic E-state index is 5.01. The highest BCUT2D eigenvalue weighted by Crippen LogP contribution is 2.69. The predicted molar refractivity (Wildman–Crippen MR) is 66.7 cm³/mol. The normalized spacial score (nSPS) is 62.4. The molecule has 4 bridgehead atoms. The second-order valence-corrected chi connectivity index (χ2v) is 7.11. The first-order chi connectivity index (χ1) is 7.68. The van der Waals surface area contributed by atoms with Gasteiger partial charge in [-0.3, -0.25) is 4.99 Å². The van der Waals surface area contributed by atoms with Crippen molar-refractivity contribution in [1.82, 2.24) is 0 Å². The Hall–Kier alpha value is -0.330. The van der Waals surface area contributed by atoms with E-state index in [-0.39, 0.29) is 0 Å². The van der Waals surface area contributed by atoms with Crippen LogP contribution >= 0.6 is 0 Å². The van der Waals surface area contributed by atoms with E-state index in [1.165, 1.54) is 38.5 Å². The van der Waals surface area contributed by atoms with E-state index in [9.17, 15) is 0 Å². The zero-order valence-electron chi connectivity index (χ0n) is 10.6. The molecular weight excluding hydrogens is 194 g/mol. The van der Waals surface area contributed by atoms with Crippen LogP contribution in [0.15, 0.2) is 4.99 Å². The summed E-state index contributed by atoms with van der Waals surface area (Å²) in [6.45, 7) is 5.02. The highest BCUT2D eigenvalue weighted by atomic mass is 14.9. The number of nitrogens with zero attached hydrogens (tertiary/aromatic N) is 1. The lowest BCUT2D eigenvalue weighted by molar-refractivity contribution is -0.0966. The van der Waals surface area contributed by atoms with Gasteiger partial charge < -0.3 is 0 Å². The van der Waals surface area contributed by atoms with Crippen molar-refractivity contribution in [2.45, 2.75) is 58.4 Å². The molecule has 0 unspecified atom stereocenters. The zero-order chi connectivity index (χ0) is 11.0. The van der Waals surface area contributed by atoms with Crippen molar-refractivity contribution in [1.29, 1.82) is 0 Å². The minimum absolute atomic E-state index is 0.441. The molecule has 0 radical (unpaired) electrons. The van der Waals surface area contributed by atoms with E-state index < -0.39 is 0 Å². The molecule has 16 heavy (non-hydrogen) atoms. The van der Waals surface area contributed by atoms with Crippen LogP contribution < -0.4 is 0 Å². The molecule has 0 aromatic carbocycles. The minimum atomic E-state index is 0.441. The second-order valence-electron chi connectivity index (χ2n) is 7.11. The molecule has 2 heterocycles. The van der Waals surface area contributed by atoms with Crippen molar-refractivity contribution in [2.24, 2.45) is 33.6 Å². The first-order valence-electron chi connectivity index (χ1n) is 7.23. The van der Waals surface area contributed by atoms with Gasteiger partial charge in [0.05, 0.1) is 6.04 Å².